The van der Waals surface area contributed by atoms with Crippen molar-refractivity contribution >= 4 is 5.91 Å². The lowest BCUT2D eigenvalue weighted by Crippen LogP contribution is -2.35. The molecule has 2 rings (SSSR count). The van der Waals surface area contributed by atoms with Crippen molar-refractivity contribution in [2.24, 2.45) is 0 Å². The largest absolute Gasteiger partial charge is 0.384 e. The number of aliphatic hydroxyl groups is 1. The van der Waals surface area contributed by atoms with E-state index in [1.807, 2.05) is 24.0 Å². The van der Waals surface area contributed by atoms with Gasteiger partial charge >= 0.3 is 0 Å². The first-order valence-electron chi connectivity index (χ1n) is 7.17. The predicted molar refractivity (Wildman–Crippen MR) is 81.1 cm³/mol. The van der Waals surface area contributed by atoms with Gasteiger partial charge in [-0.25, -0.2) is 0 Å². The molecule has 0 heterocycles. The molecule has 0 aliphatic heterocycles. The van der Waals surface area contributed by atoms with E-state index in [0.29, 0.717) is 24.8 Å². The Kier molecular flexibility index (Phi) is 5.38. The van der Waals surface area contributed by atoms with Gasteiger partial charge in [-0.1, -0.05) is 11.8 Å². The zero-order chi connectivity index (χ0) is 15.2. The number of methoxy groups -OCH3 is 1. The van der Waals surface area contributed by atoms with E-state index in [0.717, 1.165) is 24.0 Å². The number of ether oxygens (including phenoxy) is 1. The fourth-order valence-electron chi connectivity index (χ4n) is 2.31. The summed E-state index contributed by atoms with van der Waals surface area (Å²) in [6, 6.07) is 5.94. The Hall–Kier alpha value is -1.83. The highest BCUT2D eigenvalue weighted by Gasteiger charge is 2.32. The van der Waals surface area contributed by atoms with E-state index < -0.39 is 0 Å². The fourth-order valence-corrected chi connectivity index (χ4v) is 2.31. The Morgan fingerprint density at radius 3 is 2.81 bits per heavy atom. The van der Waals surface area contributed by atoms with Crippen LogP contribution in [0.15, 0.2) is 18.2 Å². The Morgan fingerprint density at radius 1 is 1.43 bits per heavy atom. The molecule has 1 saturated carbocycles. The molecule has 0 atom stereocenters. The molecule has 1 aromatic rings. The van der Waals surface area contributed by atoms with Crippen LogP contribution < -0.4 is 0 Å². The van der Waals surface area contributed by atoms with Crippen LogP contribution in [0.1, 0.15) is 34.3 Å². The maximum Gasteiger partial charge on any atom is 0.254 e. The molecule has 1 amide bonds. The summed E-state index contributed by atoms with van der Waals surface area (Å²) >= 11 is 0. The lowest BCUT2D eigenvalue weighted by atomic mass is 10.1. The molecule has 112 valence electrons. The third-order valence-corrected chi connectivity index (χ3v) is 3.42. The number of amides is 1. The lowest BCUT2D eigenvalue weighted by Gasteiger charge is -2.22. The zero-order valence-electron chi connectivity index (χ0n) is 12.6. The minimum atomic E-state index is -0.181. The topological polar surface area (TPSA) is 49.8 Å². The third kappa shape index (κ3) is 4.32. The first kappa shape index (κ1) is 15.6. The number of aryl methyl sites for hydroxylation is 1. The average molecular weight is 287 g/mol. The molecule has 1 aliphatic rings. The van der Waals surface area contributed by atoms with Crippen LogP contribution >= 0.6 is 0 Å². The van der Waals surface area contributed by atoms with Gasteiger partial charge in [-0.15, -0.1) is 0 Å². The summed E-state index contributed by atoms with van der Waals surface area (Å²) in [6.07, 6.45) is 2.14. The van der Waals surface area contributed by atoms with Gasteiger partial charge in [0.25, 0.3) is 5.91 Å². The van der Waals surface area contributed by atoms with Crippen molar-refractivity contribution in [1.82, 2.24) is 4.90 Å². The van der Waals surface area contributed by atoms with E-state index in [9.17, 15) is 4.79 Å². The van der Waals surface area contributed by atoms with Crippen molar-refractivity contribution in [3.63, 3.8) is 0 Å². The van der Waals surface area contributed by atoms with Crippen LogP contribution in [0.5, 0.6) is 0 Å². The quantitative estimate of drug-likeness (QED) is 0.837. The number of rotatable bonds is 5. The van der Waals surface area contributed by atoms with E-state index in [1.54, 1.807) is 13.2 Å². The molecule has 4 heteroatoms. The molecule has 21 heavy (non-hydrogen) atoms. The van der Waals surface area contributed by atoms with E-state index >= 15 is 0 Å². The highest BCUT2D eigenvalue weighted by Crippen LogP contribution is 2.28. The Labute approximate surface area is 125 Å². The summed E-state index contributed by atoms with van der Waals surface area (Å²) < 4.78 is 5.09. The zero-order valence-corrected chi connectivity index (χ0v) is 12.6. The van der Waals surface area contributed by atoms with Gasteiger partial charge in [0, 0.05) is 30.8 Å². The molecule has 1 N–H and O–H groups in total. The van der Waals surface area contributed by atoms with Gasteiger partial charge in [-0.05, 0) is 43.5 Å². The van der Waals surface area contributed by atoms with Crippen LogP contribution in [0.25, 0.3) is 0 Å². The lowest BCUT2D eigenvalue weighted by molar-refractivity contribution is 0.0680. The van der Waals surface area contributed by atoms with Crippen molar-refractivity contribution in [2.75, 3.05) is 26.9 Å². The monoisotopic (exact) mass is 287 g/mol. The van der Waals surface area contributed by atoms with Crippen molar-refractivity contribution < 1.29 is 14.6 Å². The molecular weight excluding hydrogens is 266 g/mol. The van der Waals surface area contributed by atoms with Gasteiger partial charge < -0.3 is 14.7 Å². The normalized spacial score (nSPS) is 13.5. The van der Waals surface area contributed by atoms with Crippen molar-refractivity contribution in [1.29, 1.82) is 0 Å². The van der Waals surface area contributed by atoms with Crippen LogP contribution in [0.4, 0.5) is 0 Å². The minimum absolute atomic E-state index is 0.0327. The van der Waals surface area contributed by atoms with E-state index in [-0.39, 0.29) is 12.5 Å². The summed E-state index contributed by atoms with van der Waals surface area (Å²) in [6.45, 7) is 2.92. The van der Waals surface area contributed by atoms with Gasteiger partial charge in [0.1, 0.15) is 6.61 Å². The van der Waals surface area contributed by atoms with Crippen LogP contribution in [-0.4, -0.2) is 48.8 Å². The summed E-state index contributed by atoms with van der Waals surface area (Å²) in [5, 5.41) is 8.78. The van der Waals surface area contributed by atoms with Gasteiger partial charge in [0.15, 0.2) is 0 Å². The first-order valence-corrected chi connectivity index (χ1v) is 7.17. The molecule has 0 saturated heterocycles. The minimum Gasteiger partial charge on any atom is -0.384 e. The molecule has 0 radical (unpaired) electrons. The van der Waals surface area contributed by atoms with Crippen molar-refractivity contribution in [2.45, 2.75) is 25.8 Å². The molecule has 1 aliphatic carbocycles. The van der Waals surface area contributed by atoms with Gasteiger partial charge in [-0.2, -0.15) is 0 Å². The van der Waals surface area contributed by atoms with Crippen molar-refractivity contribution in [3.8, 4) is 11.8 Å². The third-order valence-electron chi connectivity index (χ3n) is 3.42. The SMILES string of the molecule is COCCN(C(=O)c1cc(C)cc(C#CCO)c1)C1CC1. The van der Waals surface area contributed by atoms with E-state index in [1.165, 1.54) is 0 Å². The Bertz CT molecular complexity index is 567. The molecule has 0 bridgehead atoms. The number of benzene rings is 1. The molecule has 1 aromatic carbocycles. The summed E-state index contributed by atoms with van der Waals surface area (Å²) in [5.41, 5.74) is 2.40. The highest BCUT2D eigenvalue weighted by molar-refractivity contribution is 5.95. The Balaban J connectivity index is 2.22. The number of carbonyl (C=O) groups excluding carboxylic acids is 1. The average Bonchev–Trinajstić information content (AvgIpc) is 3.29. The number of aliphatic hydroxyl groups excluding tert-OH is 1. The second-order valence-corrected chi connectivity index (χ2v) is 5.27. The molecule has 0 aromatic heterocycles. The molecular formula is C17H21NO3. The first-order chi connectivity index (χ1) is 10.2. The number of hydrogen-bond donors (Lipinski definition) is 1. The second kappa shape index (κ2) is 7.26. The summed E-state index contributed by atoms with van der Waals surface area (Å²) in [7, 11) is 1.64. The van der Waals surface area contributed by atoms with Crippen LogP contribution in [0.2, 0.25) is 0 Å². The Morgan fingerprint density at radius 2 is 2.19 bits per heavy atom. The van der Waals surface area contributed by atoms with Crippen LogP contribution in [0.3, 0.4) is 0 Å². The smallest absolute Gasteiger partial charge is 0.254 e. The van der Waals surface area contributed by atoms with Gasteiger partial charge in [0.05, 0.1) is 6.61 Å². The molecule has 0 unspecified atom stereocenters. The second-order valence-electron chi connectivity index (χ2n) is 5.27. The van der Waals surface area contributed by atoms with Crippen molar-refractivity contribution in [3.05, 3.63) is 34.9 Å². The maximum atomic E-state index is 12.7. The molecule has 0 spiro atoms. The van der Waals surface area contributed by atoms with Gasteiger partial charge in [-0.3, -0.25) is 4.79 Å². The van der Waals surface area contributed by atoms with Gasteiger partial charge in [0.2, 0.25) is 0 Å². The fraction of sp³-hybridized carbons (Fsp3) is 0.471. The van der Waals surface area contributed by atoms with Crippen LogP contribution in [0, 0.1) is 18.8 Å². The summed E-state index contributed by atoms with van der Waals surface area (Å²) in [5.74, 6) is 5.51. The number of carbonyl (C=O) groups is 1. The molecule has 1 fully saturated rings. The van der Waals surface area contributed by atoms with Crippen LogP contribution in [-0.2, 0) is 4.74 Å². The number of hydrogen-bond acceptors (Lipinski definition) is 3. The predicted octanol–water partition coefficient (Wildman–Crippen LogP) is 1.59. The van der Waals surface area contributed by atoms with E-state index in [4.69, 9.17) is 9.84 Å². The highest BCUT2D eigenvalue weighted by atomic mass is 16.5. The molecule has 4 nitrogen and oxygen atoms in total. The number of nitrogens with zero attached hydrogens (tertiary/aromatic N) is 1. The maximum absolute atomic E-state index is 12.7. The van der Waals surface area contributed by atoms with E-state index in [2.05, 4.69) is 11.8 Å². The summed E-state index contributed by atoms with van der Waals surface area (Å²) in [4.78, 5) is 14.6. The standard InChI is InChI=1S/C17H21NO3/c1-13-10-14(4-3-8-19)12-15(11-13)17(20)18(7-9-21-2)16-5-6-16/h10-12,16,19H,5-9H2,1-2H3.